The summed E-state index contributed by atoms with van der Waals surface area (Å²) in [5.74, 6) is 1.30. The maximum Gasteiger partial charge on any atom is 0.225 e. The van der Waals surface area contributed by atoms with Gasteiger partial charge in [0, 0.05) is 20.1 Å². The number of ether oxygens (including phenoxy) is 1. The van der Waals surface area contributed by atoms with Crippen LogP contribution in [0.4, 0.5) is 10.3 Å². The van der Waals surface area contributed by atoms with E-state index >= 15 is 0 Å². The van der Waals surface area contributed by atoms with Crippen molar-refractivity contribution in [2.45, 2.75) is 37.8 Å². The zero-order chi connectivity index (χ0) is 15.1. The minimum Gasteiger partial charge on any atom is -0.425 e. The number of piperidine rings is 1. The van der Waals surface area contributed by atoms with Crippen molar-refractivity contribution in [3.63, 3.8) is 0 Å². The van der Waals surface area contributed by atoms with Crippen LogP contribution < -0.4 is 4.90 Å². The zero-order valence-corrected chi connectivity index (χ0v) is 12.1. The molecule has 7 nitrogen and oxygen atoms in total. The molecule has 2 fully saturated rings. The molecule has 22 heavy (non-hydrogen) atoms. The Hall–Kier alpha value is -2.09. The molecule has 3 atom stereocenters. The summed E-state index contributed by atoms with van der Waals surface area (Å²) in [5, 5.41) is 8.03. The first-order valence-corrected chi connectivity index (χ1v) is 7.36. The summed E-state index contributed by atoms with van der Waals surface area (Å²) in [7, 11) is 0. The number of rotatable bonds is 2. The summed E-state index contributed by atoms with van der Waals surface area (Å²) in [5.41, 5.74) is 0. The second-order valence-corrected chi connectivity index (χ2v) is 5.71. The van der Waals surface area contributed by atoms with E-state index in [0.717, 1.165) is 12.8 Å². The molecule has 0 aliphatic carbocycles. The molecule has 0 radical (unpaired) electrons. The molecule has 0 bridgehead atoms. The summed E-state index contributed by atoms with van der Waals surface area (Å²) < 4.78 is 24.5. The van der Waals surface area contributed by atoms with Crippen molar-refractivity contribution >= 4 is 5.95 Å². The van der Waals surface area contributed by atoms with Crippen LogP contribution in [-0.2, 0) is 4.74 Å². The summed E-state index contributed by atoms with van der Waals surface area (Å²) in [4.78, 5) is 10.3. The van der Waals surface area contributed by atoms with Gasteiger partial charge in [-0.05, 0) is 12.8 Å². The smallest absolute Gasteiger partial charge is 0.225 e. The van der Waals surface area contributed by atoms with Gasteiger partial charge in [0.05, 0.1) is 30.5 Å². The quantitative estimate of drug-likeness (QED) is 0.831. The number of hydrogen-bond donors (Lipinski definition) is 0. The van der Waals surface area contributed by atoms with Crippen LogP contribution in [-0.4, -0.2) is 45.5 Å². The molecule has 2 aliphatic rings. The third-order valence-electron chi connectivity index (χ3n) is 4.26. The van der Waals surface area contributed by atoms with Crippen molar-refractivity contribution < 1.29 is 13.5 Å². The Kier molecular flexibility index (Phi) is 3.25. The maximum atomic E-state index is 13.1. The van der Waals surface area contributed by atoms with Gasteiger partial charge in [0.15, 0.2) is 5.82 Å². The molecule has 0 N–H and O–H groups in total. The summed E-state index contributed by atoms with van der Waals surface area (Å²) in [6.45, 7) is 3.15. The van der Waals surface area contributed by atoms with Crippen molar-refractivity contribution in [1.29, 1.82) is 0 Å². The van der Waals surface area contributed by atoms with Crippen molar-refractivity contribution in [3.8, 4) is 0 Å². The minimum atomic E-state index is -0.441. The van der Waals surface area contributed by atoms with Crippen LogP contribution in [0.25, 0.3) is 0 Å². The highest BCUT2D eigenvalue weighted by atomic mass is 19.1. The van der Waals surface area contributed by atoms with Crippen LogP contribution in [0.2, 0.25) is 0 Å². The van der Waals surface area contributed by atoms with Gasteiger partial charge in [-0.15, -0.1) is 10.2 Å². The van der Waals surface area contributed by atoms with Gasteiger partial charge < -0.3 is 14.1 Å². The molecule has 0 unspecified atom stereocenters. The third kappa shape index (κ3) is 2.33. The first-order chi connectivity index (χ1) is 10.7. The maximum absolute atomic E-state index is 13.1. The van der Waals surface area contributed by atoms with E-state index < -0.39 is 5.82 Å². The highest BCUT2D eigenvalue weighted by Gasteiger charge is 2.43. The number of fused-ring (bicyclic) bond motifs is 1. The third-order valence-corrected chi connectivity index (χ3v) is 4.26. The Morgan fingerprint density at radius 2 is 2.09 bits per heavy atom. The lowest BCUT2D eigenvalue weighted by atomic mass is 9.90. The molecule has 2 saturated heterocycles. The lowest BCUT2D eigenvalue weighted by Crippen LogP contribution is -2.49. The van der Waals surface area contributed by atoms with Gasteiger partial charge in [-0.1, -0.05) is 0 Å². The fourth-order valence-electron chi connectivity index (χ4n) is 3.29. The first kappa shape index (κ1) is 13.6. The van der Waals surface area contributed by atoms with Gasteiger partial charge in [0.1, 0.15) is 0 Å². The number of aromatic nitrogens is 4. The summed E-state index contributed by atoms with van der Waals surface area (Å²) >= 11 is 0. The van der Waals surface area contributed by atoms with E-state index in [4.69, 9.17) is 9.15 Å². The highest BCUT2D eigenvalue weighted by molar-refractivity contribution is 5.35. The number of halogens is 1. The van der Waals surface area contributed by atoms with E-state index in [2.05, 4.69) is 25.1 Å². The second kappa shape index (κ2) is 5.28. The van der Waals surface area contributed by atoms with Gasteiger partial charge in [0.2, 0.25) is 17.7 Å². The molecule has 0 aromatic carbocycles. The number of anilines is 1. The van der Waals surface area contributed by atoms with Crippen molar-refractivity contribution in [3.05, 3.63) is 30.0 Å². The van der Waals surface area contributed by atoms with E-state index in [0.29, 0.717) is 30.9 Å². The Morgan fingerprint density at radius 1 is 1.27 bits per heavy atom. The lowest BCUT2D eigenvalue weighted by Gasteiger charge is -2.39. The normalized spacial score (nSPS) is 27.9. The molecule has 8 heteroatoms. The van der Waals surface area contributed by atoms with Gasteiger partial charge in [-0.3, -0.25) is 0 Å². The van der Waals surface area contributed by atoms with Crippen molar-refractivity contribution in [2.24, 2.45) is 0 Å². The lowest BCUT2D eigenvalue weighted by molar-refractivity contribution is 0.0763. The molecular formula is C14H16FN5O2. The Morgan fingerprint density at radius 3 is 2.82 bits per heavy atom. The van der Waals surface area contributed by atoms with E-state index in [1.165, 1.54) is 12.4 Å². The van der Waals surface area contributed by atoms with Gasteiger partial charge >= 0.3 is 0 Å². The average molecular weight is 305 g/mol. The van der Waals surface area contributed by atoms with Gasteiger partial charge in [0.25, 0.3) is 0 Å². The van der Waals surface area contributed by atoms with Crippen molar-refractivity contribution in [2.75, 3.05) is 18.1 Å². The van der Waals surface area contributed by atoms with Crippen LogP contribution >= 0.6 is 0 Å². The van der Waals surface area contributed by atoms with E-state index in [1.54, 1.807) is 6.92 Å². The van der Waals surface area contributed by atoms with E-state index in [1.807, 2.05) is 0 Å². The van der Waals surface area contributed by atoms with Crippen molar-refractivity contribution in [1.82, 2.24) is 20.2 Å². The molecule has 0 amide bonds. The molecule has 0 saturated carbocycles. The molecule has 0 spiro atoms. The topological polar surface area (TPSA) is 77.2 Å². The average Bonchev–Trinajstić information content (AvgIpc) is 3.15. The Balaban J connectivity index is 1.64. The van der Waals surface area contributed by atoms with Crippen LogP contribution in [0.15, 0.2) is 16.8 Å². The fourth-order valence-corrected chi connectivity index (χ4v) is 3.29. The molecule has 2 aromatic rings. The summed E-state index contributed by atoms with van der Waals surface area (Å²) in [6.07, 6.45) is 4.21. The number of hydrogen-bond acceptors (Lipinski definition) is 7. The predicted octanol–water partition coefficient (Wildman–Crippen LogP) is 1.46. The monoisotopic (exact) mass is 305 g/mol. The van der Waals surface area contributed by atoms with Crippen LogP contribution in [0.5, 0.6) is 0 Å². The zero-order valence-electron chi connectivity index (χ0n) is 12.1. The van der Waals surface area contributed by atoms with Gasteiger partial charge in [-0.2, -0.15) is 0 Å². The van der Waals surface area contributed by atoms with E-state index in [9.17, 15) is 4.39 Å². The standard InChI is InChI=1S/C14H16FN5O2/c1-8-18-19-13(22-8)9-4-12-11(2-3-21-12)20(7-9)14-16-5-10(15)6-17-14/h5-6,9,11-12H,2-4,7H2,1H3/t9-,11-,12-/m0/s1. The highest BCUT2D eigenvalue weighted by Crippen LogP contribution is 2.37. The largest absolute Gasteiger partial charge is 0.425 e. The van der Waals surface area contributed by atoms with E-state index in [-0.39, 0.29) is 18.1 Å². The first-order valence-electron chi connectivity index (χ1n) is 7.36. The molecule has 4 heterocycles. The molecular weight excluding hydrogens is 289 g/mol. The van der Waals surface area contributed by atoms with Crippen LogP contribution in [0.1, 0.15) is 30.5 Å². The van der Waals surface area contributed by atoms with Crippen LogP contribution in [0.3, 0.4) is 0 Å². The molecule has 2 aliphatic heterocycles. The number of nitrogens with zero attached hydrogens (tertiary/aromatic N) is 5. The Labute approximate surface area is 126 Å². The predicted molar refractivity (Wildman–Crippen MR) is 73.9 cm³/mol. The molecule has 116 valence electrons. The number of aryl methyl sites for hydroxylation is 1. The van der Waals surface area contributed by atoms with Gasteiger partial charge in [-0.25, -0.2) is 14.4 Å². The summed E-state index contributed by atoms with van der Waals surface area (Å²) in [6, 6.07) is 0.214. The molecule has 2 aromatic heterocycles. The second-order valence-electron chi connectivity index (χ2n) is 5.71. The fraction of sp³-hybridized carbons (Fsp3) is 0.571. The minimum absolute atomic E-state index is 0.0641. The molecule has 4 rings (SSSR count). The SMILES string of the molecule is Cc1nnc([C@H]2C[C@@H]3OCC[C@@H]3N(c3ncc(F)cn3)C2)o1. The van der Waals surface area contributed by atoms with Crippen LogP contribution in [0, 0.1) is 12.7 Å². The Bertz CT molecular complexity index is 662.